The minimum absolute atomic E-state index is 0.104. The molecule has 0 radical (unpaired) electrons. The molecule has 8 heteroatoms. The molecule has 0 unspecified atom stereocenters. The first-order valence-electron chi connectivity index (χ1n) is 3.71. The van der Waals surface area contributed by atoms with E-state index in [9.17, 15) is 14.9 Å². The predicted molar refractivity (Wildman–Crippen MR) is 46.5 cm³/mol. The van der Waals surface area contributed by atoms with E-state index in [0.717, 1.165) is 12.3 Å². The lowest BCUT2D eigenvalue weighted by Crippen LogP contribution is -2.03. The molecule has 0 atom stereocenters. The standard InChI is InChI=1S/C7H6N2O6/c10-7(11)4-14-8-3-5-1-2-6(15-5)9(12)13/h1-3H,4H2,(H,10,11). The molecule has 80 valence electrons. The molecule has 1 aromatic rings. The molecule has 1 N–H and O–H groups in total. The van der Waals surface area contributed by atoms with E-state index in [1.807, 2.05) is 0 Å². The summed E-state index contributed by atoms with van der Waals surface area (Å²) in [6.07, 6.45) is 1.04. The molecule has 0 bridgehead atoms. The normalized spacial score (nSPS) is 10.4. The van der Waals surface area contributed by atoms with E-state index >= 15 is 0 Å². The molecule has 0 aromatic carbocycles. The first kappa shape index (κ1) is 10.7. The number of hydrogen-bond acceptors (Lipinski definition) is 6. The van der Waals surface area contributed by atoms with E-state index < -0.39 is 23.4 Å². The van der Waals surface area contributed by atoms with Gasteiger partial charge < -0.3 is 14.4 Å². The predicted octanol–water partition coefficient (Wildman–Crippen LogP) is 0.623. The van der Waals surface area contributed by atoms with Crippen molar-refractivity contribution in [3.05, 3.63) is 28.0 Å². The van der Waals surface area contributed by atoms with E-state index in [-0.39, 0.29) is 5.76 Å². The van der Waals surface area contributed by atoms with Crippen molar-refractivity contribution in [2.75, 3.05) is 6.61 Å². The van der Waals surface area contributed by atoms with Crippen molar-refractivity contribution in [3.63, 3.8) is 0 Å². The van der Waals surface area contributed by atoms with Gasteiger partial charge in [0, 0.05) is 0 Å². The van der Waals surface area contributed by atoms with Crippen LogP contribution >= 0.6 is 0 Å². The Labute approximate surface area is 82.9 Å². The van der Waals surface area contributed by atoms with Crippen LogP contribution in [-0.2, 0) is 9.63 Å². The second kappa shape index (κ2) is 4.74. The lowest BCUT2D eigenvalue weighted by Gasteiger charge is -1.90. The first-order chi connectivity index (χ1) is 7.09. The molecule has 0 spiro atoms. The van der Waals surface area contributed by atoms with Crippen molar-refractivity contribution in [2.24, 2.45) is 5.16 Å². The summed E-state index contributed by atoms with van der Waals surface area (Å²) in [6.45, 7) is -0.584. The average Bonchev–Trinajstić information content (AvgIpc) is 2.60. The second-order valence-corrected chi connectivity index (χ2v) is 2.33. The van der Waals surface area contributed by atoms with Crippen LogP contribution in [-0.4, -0.2) is 28.8 Å². The van der Waals surface area contributed by atoms with Crippen LogP contribution in [0.25, 0.3) is 0 Å². The van der Waals surface area contributed by atoms with Crippen LogP contribution in [0.15, 0.2) is 21.7 Å². The zero-order chi connectivity index (χ0) is 11.3. The molecular formula is C7H6N2O6. The molecule has 8 nitrogen and oxygen atoms in total. The van der Waals surface area contributed by atoms with Gasteiger partial charge in [0.2, 0.25) is 6.61 Å². The molecule has 0 fully saturated rings. The van der Waals surface area contributed by atoms with Crippen molar-refractivity contribution < 1.29 is 24.1 Å². The molecule has 0 aliphatic rings. The van der Waals surface area contributed by atoms with Gasteiger partial charge in [-0.25, -0.2) is 4.79 Å². The van der Waals surface area contributed by atoms with Gasteiger partial charge in [-0.05, 0) is 6.07 Å². The van der Waals surface area contributed by atoms with Crippen LogP contribution in [0, 0.1) is 10.1 Å². The zero-order valence-corrected chi connectivity index (χ0v) is 7.32. The van der Waals surface area contributed by atoms with Crippen LogP contribution in [0.2, 0.25) is 0 Å². The van der Waals surface area contributed by atoms with Gasteiger partial charge in [0.15, 0.2) is 5.76 Å². The van der Waals surface area contributed by atoms with Gasteiger partial charge in [-0.2, -0.15) is 0 Å². The van der Waals surface area contributed by atoms with Crippen LogP contribution in [0.4, 0.5) is 5.88 Å². The summed E-state index contributed by atoms with van der Waals surface area (Å²) in [4.78, 5) is 23.8. The van der Waals surface area contributed by atoms with E-state index in [0.29, 0.717) is 0 Å². The number of furan rings is 1. The number of carboxylic acids is 1. The third-order valence-electron chi connectivity index (χ3n) is 1.24. The van der Waals surface area contributed by atoms with E-state index in [4.69, 9.17) is 5.11 Å². The van der Waals surface area contributed by atoms with E-state index in [1.54, 1.807) is 0 Å². The SMILES string of the molecule is O=C(O)CON=Cc1ccc([N+](=O)[O-])o1. The number of hydrogen-bond donors (Lipinski definition) is 1. The summed E-state index contributed by atoms with van der Waals surface area (Å²) < 4.78 is 4.68. The molecule has 1 heterocycles. The van der Waals surface area contributed by atoms with Gasteiger partial charge in [-0.1, -0.05) is 5.16 Å². The molecule has 0 aliphatic carbocycles. The molecule has 0 saturated carbocycles. The highest BCUT2D eigenvalue weighted by Gasteiger charge is 2.10. The average molecular weight is 214 g/mol. The van der Waals surface area contributed by atoms with Crippen molar-refractivity contribution in [3.8, 4) is 0 Å². The van der Waals surface area contributed by atoms with Crippen LogP contribution in [0.5, 0.6) is 0 Å². The minimum Gasteiger partial charge on any atom is -0.479 e. The third kappa shape index (κ3) is 3.46. The van der Waals surface area contributed by atoms with Gasteiger partial charge in [-0.15, -0.1) is 0 Å². The number of carboxylic acid groups (broad SMARTS) is 1. The number of rotatable bonds is 5. The smallest absolute Gasteiger partial charge is 0.433 e. The van der Waals surface area contributed by atoms with Gasteiger partial charge >= 0.3 is 11.9 Å². The lowest BCUT2D eigenvalue weighted by atomic mass is 10.5. The Kier molecular flexibility index (Phi) is 3.38. The van der Waals surface area contributed by atoms with Crippen LogP contribution in [0.3, 0.4) is 0 Å². The fraction of sp³-hybridized carbons (Fsp3) is 0.143. The van der Waals surface area contributed by atoms with Crippen molar-refractivity contribution in [1.82, 2.24) is 0 Å². The lowest BCUT2D eigenvalue weighted by molar-refractivity contribution is -0.402. The highest BCUT2D eigenvalue weighted by atomic mass is 16.7. The number of carbonyl (C=O) groups is 1. The first-order valence-corrected chi connectivity index (χ1v) is 3.71. The fourth-order valence-corrected chi connectivity index (χ4v) is 0.691. The van der Waals surface area contributed by atoms with E-state index in [1.165, 1.54) is 6.07 Å². The summed E-state index contributed by atoms with van der Waals surface area (Å²) in [7, 11) is 0. The quantitative estimate of drug-likeness (QED) is 0.436. The second-order valence-electron chi connectivity index (χ2n) is 2.33. The molecular weight excluding hydrogens is 208 g/mol. The largest absolute Gasteiger partial charge is 0.479 e. The Morgan fingerprint density at radius 3 is 3.00 bits per heavy atom. The van der Waals surface area contributed by atoms with Crippen molar-refractivity contribution in [2.45, 2.75) is 0 Å². The van der Waals surface area contributed by atoms with Crippen LogP contribution < -0.4 is 0 Å². The molecule has 15 heavy (non-hydrogen) atoms. The molecule has 0 amide bonds. The van der Waals surface area contributed by atoms with Crippen molar-refractivity contribution in [1.29, 1.82) is 0 Å². The van der Waals surface area contributed by atoms with Crippen LogP contribution in [0.1, 0.15) is 5.76 Å². The molecule has 0 saturated heterocycles. The summed E-state index contributed by atoms with van der Waals surface area (Å²) in [5.74, 6) is -1.49. The van der Waals surface area contributed by atoms with Gasteiger partial charge in [-0.3, -0.25) is 10.1 Å². The Balaban J connectivity index is 2.50. The van der Waals surface area contributed by atoms with Gasteiger partial charge in [0.05, 0.1) is 6.07 Å². The minimum atomic E-state index is -1.17. The van der Waals surface area contributed by atoms with Gasteiger partial charge in [0.25, 0.3) is 0 Å². The Bertz CT molecular complexity index is 396. The maximum atomic E-state index is 10.2. The molecule has 1 rings (SSSR count). The monoisotopic (exact) mass is 214 g/mol. The topological polar surface area (TPSA) is 115 Å². The molecule has 0 aliphatic heterocycles. The van der Waals surface area contributed by atoms with E-state index in [2.05, 4.69) is 14.4 Å². The zero-order valence-electron chi connectivity index (χ0n) is 7.32. The summed E-state index contributed by atoms with van der Waals surface area (Å²) in [5, 5.41) is 21.6. The summed E-state index contributed by atoms with van der Waals surface area (Å²) >= 11 is 0. The maximum absolute atomic E-state index is 10.2. The van der Waals surface area contributed by atoms with Gasteiger partial charge in [0.1, 0.15) is 11.1 Å². The highest BCUT2D eigenvalue weighted by molar-refractivity contribution is 5.75. The maximum Gasteiger partial charge on any atom is 0.433 e. The summed E-state index contributed by atoms with van der Waals surface area (Å²) in [5.41, 5.74) is 0. The molecule has 1 aromatic heterocycles. The summed E-state index contributed by atoms with van der Waals surface area (Å²) in [6, 6.07) is 2.46. The Morgan fingerprint density at radius 2 is 2.47 bits per heavy atom. The Morgan fingerprint density at radius 1 is 1.73 bits per heavy atom. The highest BCUT2D eigenvalue weighted by Crippen LogP contribution is 2.13. The number of oxime groups is 1. The Hall–Kier alpha value is -2.38. The number of nitrogens with zero attached hydrogens (tertiary/aromatic N) is 2. The fourth-order valence-electron chi connectivity index (χ4n) is 0.691. The van der Waals surface area contributed by atoms with Crippen molar-refractivity contribution >= 4 is 18.1 Å². The number of aliphatic carboxylic acids is 1. The third-order valence-corrected chi connectivity index (χ3v) is 1.24. The number of nitro groups is 1.